The van der Waals surface area contributed by atoms with Gasteiger partial charge in [-0.1, -0.05) is 19.9 Å². The molecule has 8 heteroatoms. The number of rotatable bonds is 4. The number of piperidine rings is 2. The lowest BCUT2D eigenvalue weighted by molar-refractivity contribution is -0.146. The van der Waals surface area contributed by atoms with Gasteiger partial charge in [0.05, 0.1) is 5.69 Å². The summed E-state index contributed by atoms with van der Waals surface area (Å²) >= 11 is 0. The van der Waals surface area contributed by atoms with Crippen LogP contribution in [0.25, 0.3) is 0 Å². The summed E-state index contributed by atoms with van der Waals surface area (Å²) in [6.45, 7) is 8.40. The summed E-state index contributed by atoms with van der Waals surface area (Å²) in [6, 6.07) is 7.76. The van der Waals surface area contributed by atoms with Gasteiger partial charge in [0.1, 0.15) is 17.5 Å². The number of carbonyl (C=O) groups is 2. The van der Waals surface area contributed by atoms with E-state index in [-0.39, 0.29) is 17.2 Å². The molecule has 0 bridgehead atoms. The lowest BCUT2D eigenvalue weighted by Crippen LogP contribution is -2.54. The maximum absolute atomic E-state index is 13.7. The third-order valence-electron chi connectivity index (χ3n) is 7.44. The van der Waals surface area contributed by atoms with Crippen LogP contribution in [0.15, 0.2) is 30.3 Å². The highest BCUT2D eigenvalue weighted by Gasteiger charge is 2.44. The summed E-state index contributed by atoms with van der Waals surface area (Å²) in [6.07, 6.45) is 3.07. The van der Waals surface area contributed by atoms with E-state index in [4.69, 9.17) is 4.98 Å². The average Bonchev–Trinajstić information content (AvgIpc) is 2.83. The fourth-order valence-electron chi connectivity index (χ4n) is 5.23. The first kappa shape index (κ1) is 24.1. The predicted molar refractivity (Wildman–Crippen MR) is 129 cm³/mol. The van der Waals surface area contributed by atoms with Crippen molar-refractivity contribution in [3.05, 3.63) is 53.2 Å². The van der Waals surface area contributed by atoms with Crippen LogP contribution < -0.4 is 5.32 Å². The van der Waals surface area contributed by atoms with Gasteiger partial charge in [-0.15, -0.1) is 0 Å². The number of benzene rings is 1. The van der Waals surface area contributed by atoms with E-state index in [0.29, 0.717) is 43.9 Å². The zero-order chi connectivity index (χ0) is 24.5. The Morgan fingerprint density at radius 1 is 1.03 bits per heavy atom. The maximum atomic E-state index is 13.7. The topological polar surface area (TPSA) is 78.4 Å². The second-order valence-corrected chi connectivity index (χ2v) is 10.2. The number of anilines is 1. The van der Waals surface area contributed by atoms with Crippen molar-refractivity contribution >= 4 is 17.6 Å². The predicted octanol–water partition coefficient (Wildman–Crippen LogP) is 3.79. The van der Waals surface area contributed by atoms with Gasteiger partial charge >= 0.3 is 0 Å². The van der Waals surface area contributed by atoms with Crippen LogP contribution in [0, 0.1) is 18.2 Å². The number of hydrogen-bond acceptors (Lipinski definition) is 5. The molecule has 34 heavy (non-hydrogen) atoms. The number of aryl methyl sites for hydroxylation is 1. The highest BCUT2D eigenvalue weighted by atomic mass is 19.1. The molecule has 4 rings (SSSR count). The smallest absolute Gasteiger partial charge is 0.253 e. The van der Waals surface area contributed by atoms with E-state index in [9.17, 15) is 14.0 Å². The lowest BCUT2D eigenvalue weighted by atomic mass is 9.75. The second kappa shape index (κ2) is 9.31. The van der Waals surface area contributed by atoms with Crippen molar-refractivity contribution in [1.29, 1.82) is 0 Å². The molecular weight excluding hydrogens is 433 g/mol. The van der Waals surface area contributed by atoms with Gasteiger partial charge in [0, 0.05) is 55.7 Å². The summed E-state index contributed by atoms with van der Waals surface area (Å²) in [5, 5.41) is 3.10. The third-order valence-corrected chi connectivity index (χ3v) is 7.44. The number of amides is 2. The maximum Gasteiger partial charge on any atom is 0.253 e. The van der Waals surface area contributed by atoms with Crippen LogP contribution in [0.5, 0.6) is 0 Å². The van der Waals surface area contributed by atoms with Crippen molar-refractivity contribution in [2.24, 2.45) is 5.41 Å². The normalized spacial score (nSPS) is 22.4. The quantitative estimate of drug-likeness (QED) is 0.740. The molecule has 182 valence electrons. The molecule has 0 unspecified atom stereocenters. The first-order valence-corrected chi connectivity index (χ1v) is 12.0. The van der Waals surface area contributed by atoms with E-state index in [1.807, 2.05) is 31.9 Å². The van der Waals surface area contributed by atoms with Crippen molar-refractivity contribution in [2.45, 2.75) is 51.9 Å². The van der Waals surface area contributed by atoms with Crippen LogP contribution >= 0.6 is 0 Å². The van der Waals surface area contributed by atoms with Gasteiger partial charge in [0.2, 0.25) is 5.91 Å². The van der Waals surface area contributed by atoms with E-state index in [2.05, 4.69) is 17.2 Å². The fraction of sp³-hybridized carbons (Fsp3) is 0.538. The molecule has 2 aliphatic heterocycles. The van der Waals surface area contributed by atoms with E-state index in [1.54, 1.807) is 17.0 Å². The molecule has 2 aliphatic rings. The molecule has 0 aliphatic carbocycles. The number of hydrogen-bond donors (Lipinski definition) is 1. The minimum absolute atomic E-state index is 0.149. The third kappa shape index (κ3) is 4.76. The first-order chi connectivity index (χ1) is 16.1. The van der Waals surface area contributed by atoms with Crippen molar-refractivity contribution < 1.29 is 14.0 Å². The number of halogens is 1. The summed E-state index contributed by atoms with van der Waals surface area (Å²) in [7, 11) is 1.84. The standard InChI is InChI=1S/C26H34FN5O2/c1-18-29-21(16-22(28-4)30-18)26(3)9-6-12-32(17-26)24(34)25(2)10-13-31(14-11-25)23(33)19-7-5-8-20(27)15-19/h5,7-8,15-16H,6,9-14,17H2,1-4H3,(H,28,29,30)/t26-/m0/s1. The summed E-state index contributed by atoms with van der Waals surface area (Å²) in [5.41, 5.74) is 0.553. The molecule has 1 N–H and O–H groups in total. The minimum atomic E-state index is -0.519. The van der Waals surface area contributed by atoms with Crippen LogP contribution in [-0.4, -0.2) is 64.8 Å². The molecule has 1 aromatic heterocycles. The Balaban J connectivity index is 1.44. The summed E-state index contributed by atoms with van der Waals surface area (Å²) < 4.78 is 13.5. The van der Waals surface area contributed by atoms with Crippen LogP contribution in [0.4, 0.5) is 10.2 Å². The van der Waals surface area contributed by atoms with Gasteiger partial charge in [-0.25, -0.2) is 14.4 Å². The highest BCUT2D eigenvalue weighted by Crippen LogP contribution is 2.38. The molecule has 2 aromatic rings. The highest BCUT2D eigenvalue weighted by molar-refractivity contribution is 5.94. The Hall–Kier alpha value is -3.03. The van der Waals surface area contributed by atoms with Crippen LogP contribution in [-0.2, 0) is 10.2 Å². The van der Waals surface area contributed by atoms with Crippen LogP contribution in [0.2, 0.25) is 0 Å². The number of nitrogens with zero attached hydrogens (tertiary/aromatic N) is 4. The van der Waals surface area contributed by atoms with Gasteiger partial charge < -0.3 is 15.1 Å². The van der Waals surface area contributed by atoms with E-state index in [0.717, 1.165) is 30.9 Å². The van der Waals surface area contributed by atoms with E-state index >= 15 is 0 Å². The molecule has 0 radical (unpaired) electrons. The van der Waals surface area contributed by atoms with Gasteiger partial charge in [0.25, 0.3) is 5.91 Å². The lowest BCUT2D eigenvalue weighted by Gasteiger charge is -2.45. The Kier molecular flexibility index (Phi) is 6.60. The SMILES string of the molecule is CNc1cc([C@@]2(C)CCCN(C(=O)C3(C)CCN(C(=O)c4cccc(F)c4)CC3)C2)nc(C)n1. The molecule has 2 fully saturated rings. The molecule has 2 saturated heterocycles. The molecule has 3 heterocycles. The van der Waals surface area contributed by atoms with Crippen LogP contribution in [0.1, 0.15) is 61.4 Å². The van der Waals surface area contributed by atoms with Crippen molar-refractivity contribution in [3.63, 3.8) is 0 Å². The zero-order valence-electron chi connectivity index (χ0n) is 20.5. The summed E-state index contributed by atoms with van der Waals surface area (Å²) in [5.74, 6) is 1.05. The molecule has 0 saturated carbocycles. The number of carbonyl (C=O) groups excluding carboxylic acids is 2. The Morgan fingerprint density at radius 3 is 2.44 bits per heavy atom. The van der Waals surface area contributed by atoms with Gasteiger partial charge in [-0.2, -0.15) is 0 Å². The molecule has 7 nitrogen and oxygen atoms in total. The largest absolute Gasteiger partial charge is 0.373 e. The molecule has 2 amide bonds. The van der Waals surface area contributed by atoms with Gasteiger partial charge in [-0.05, 0) is 50.8 Å². The monoisotopic (exact) mass is 467 g/mol. The Morgan fingerprint density at radius 2 is 1.76 bits per heavy atom. The fourth-order valence-corrected chi connectivity index (χ4v) is 5.23. The molecule has 1 aromatic carbocycles. The molecule has 1 atom stereocenters. The average molecular weight is 468 g/mol. The Bertz CT molecular complexity index is 1080. The summed E-state index contributed by atoms with van der Waals surface area (Å²) in [4.78, 5) is 39.3. The first-order valence-electron chi connectivity index (χ1n) is 12.0. The van der Waals surface area contributed by atoms with Gasteiger partial charge in [0.15, 0.2) is 0 Å². The van der Waals surface area contributed by atoms with Gasteiger partial charge in [-0.3, -0.25) is 9.59 Å². The number of nitrogens with one attached hydrogen (secondary N) is 1. The molecular formula is C26H34FN5O2. The minimum Gasteiger partial charge on any atom is -0.373 e. The van der Waals surface area contributed by atoms with Crippen molar-refractivity contribution in [1.82, 2.24) is 19.8 Å². The molecule has 0 spiro atoms. The van der Waals surface area contributed by atoms with E-state index in [1.165, 1.54) is 12.1 Å². The number of likely N-dealkylation sites (tertiary alicyclic amines) is 2. The Labute approximate surface area is 200 Å². The van der Waals surface area contributed by atoms with E-state index < -0.39 is 11.2 Å². The second-order valence-electron chi connectivity index (χ2n) is 10.2. The number of aromatic nitrogens is 2. The zero-order valence-corrected chi connectivity index (χ0v) is 20.5. The van der Waals surface area contributed by atoms with Crippen LogP contribution in [0.3, 0.4) is 0 Å². The van der Waals surface area contributed by atoms with Crippen molar-refractivity contribution in [3.8, 4) is 0 Å². The van der Waals surface area contributed by atoms with Crippen molar-refractivity contribution in [2.75, 3.05) is 38.5 Å².